The SMILES string of the molecule is Cc1cccc2cccc(N3CCc4c(nc(OC[C@@H]5CCCN5Cc5ccccc5)nc4N4CCN[C@@H](CC#N)C4)C3)c12. The predicted octanol–water partition coefficient (Wildman–Crippen LogP) is 5.24. The summed E-state index contributed by atoms with van der Waals surface area (Å²) in [5, 5.41) is 15.4. The summed E-state index contributed by atoms with van der Waals surface area (Å²) in [5.74, 6) is 0.982. The molecule has 1 N–H and O–H groups in total. The highest BCUT2D eigenvalue weighted by Gasteiger charge is 2.30. The van der Waals surface area contributed by atoms with Gasteiger partial charge in [-0.25, -0.2) is 0 Å². The summed E-state index contributed by atoms with van der Waals surface area (Å²) in [6.07, 6.45) is 3.65. The van der Waals surface area contributed by atoms with Gasteiger partial charge in [0.2, 0.25) is 0 Å². The lowest BCUT2D eigenvalue weighted by Gasteiger charge is -2.37. The molecule has 0 amide bonds. The van der Waals surface area contributed by atoms with Crippen LogP contribution in [-0.4, -0.2) is 66.3 Å². The van der Waals surface area contributed by atoms with Crippen LogP contribution in [0.4, 0.5) is 11.5 Å². The van der Waals surface area contributed by atoms with Crippen molar-refractivity contribution in [3.05, 3.63) is 89.1 Å². The van der Waals surface area contributed by atoms with E-state index in [0.717, 1.165) is 63.6 Å². The number of nitrogens with zero attached hydrogens (tertiary/aromatic N) is 6. The topological polar surface area (TPSA) is 80.6 Å². The lowest BCUT2D eigenvalue weighted by molar-refractivity contribution is 0.159. The molecule has 2 atom stereocenters. The second kappa shape index (κ2) is 12.8. The van der Waals surface area contributed by atoms with Crippen LogP contribution in [0.15, 0.2) is 66.7 Å². The van der Waals surface area contributed by atoms with Crippen LogP contribution in [0.2, 0.25) is 0 Å². The van der Waals surface area contributed by atoms with Crippen molar-refractivity contribution in [2.45, 2.75) is 57.8 Å². The van der Waals surface area contributed by atoms with E-state index in [1.807, 2.05) is 0 Å². The molecule has 0 radical (unpaired) electrons. The molecule has 4 heterocycles. The molecule has 226 valence electrons. The van der Waals surface area contributed by atoms with Crippen LogP contribution in [0.5, 0.6) is 6.01 Å². The number of piperazine rings is 1. The number of nitrogens with one attached hydrogen (secondary N) is 1. The quantitative estimate of drug-likeness (QED) is 0.300. The van der Waals surface area contributed by atoms with E-state index in [-0.39, 0.29) is 6.04 Å². The number of aryl methyl sites for hydroxylation is 1. The fourth-order valence-electron chi connectivity index (χ4n) is 7.23. The van der Waals surface area contributed by atoms with Gasteiger partial charge in [-0.05, 0) is 55.3 Å². The highest BCUT2D eigenvalue weighted by atomic mass is 16.5. The monoisotopic (exact) mass is 587 g/mol. The molecule has 1 aromatic heterocycles. The van der Waals surface area contributed by atoms with Crippen molar-refractivity contribution in [3.63, 3.8) is 0 Å². The van der Waals surface area contributed by atoms with Gasteiger partial charge in [0.25, 0.3) is 0 Å². The van der Waals surface area contributed by atoms with E-state index in [1.165, 1.54) is 39.6 Å². The molecule has 2 saturated heterocycles. The maximum absolute atomic E-state index is 9.37. The fourth-order valence-corrected chi connectivity index (χ4v) is 7.23. The van der Waals surface area contributed by atoms with Gasteiger partial charge in [0.05, 0.1) is 24.7 Å². The Morgan fingerprint density at radius 1 is 0.977 bits per heavy atom. The Hall–Kier alpha value is -4.19. The van der Waals surface area contributed by atoms with Crippen LogP contribution >= 0.6 is 0 Å². The summed E-state index contributed by atoms with van der Waals surface area (Å²) in [6.45, 7) is 8.86. The number of ether oxygens (including phenoxy) is 1. The normalized spacial score (nSPS) is 20.5. The first-order valence-corrected chi connectivity index (χ1v) is 16.1. The Morgan fingerprint density at radius 3 is 2.70 bits per heavy atom. The number of rotatable bonds is 8. The third-order valence-electron chi connectivity index (χ3n) is 9.48. The van der Waals surface area contributed by atoms with Gasteiger partial charge in [0.1, 0.15) is 12.4 Å². The summed E-state index contributed by atoms with van der Waals surface area (Å²) in [6, 6.07) is 27.1. The number of benzene rings is 3. The molecule has 4 aromatic rings. The van der Waals surface area contributed by atoms with Crippen LogP contribution in [0.25, 0.3) is 10.8 Å². The maximum atomic E-state index is 9.37. The molecule has 2 fully saturated rings. The van der Waals surface area contributed by atoms with E-state index in [1.54, 1.807) is 0 Å². The molecule has 0 unspecified atom stereocenters. The average Bonchev–Trinajstić information content (AvgIpc) is 3.50. The third-order valence-corrected chi connectivity index (χ3v) is 9.48. The first-order chi connectivity index (χ1) is 21.7. The van der Waals surface area contributed by atoms with E-state index >= 15 is 0 Å². The number of nitriles is 1. The van der Waals surface area contributed by atoms with Crippen molar-refractivity contribution in [1.82, 2.24) is 20.2 Å². The molecule has 7 rings (SSSR count). The van der Waals surface area contributed by atoms with E-state index in [4.69, 9.17) is 14.7 Å². The Labute approximate surface area is 260 Å². The molecule has 0 spiro atoms. The van der Waals surface area contributed by atoms with Crippen LogP contribution in [-0.2, 0) is 19.5 Å². The van der Waals surface area contributed by atoms with Gasteiger partial charge in [0, 0.05) is 61.4 Å². The van der Waals surface area contributed by atoms with Crippen LogP contribution in [0.3, 0.4) is 0 Å². The molecule has 3 aliphatic rings. The molecule has 3 aromatic carbocycles. The van der Waals surface area contributed by atoms with Gasteiger partial charge in [-0.3, -0.25) is 4.90 Å². The zero-order valence-corrected chi connectivity index (χ0v) is 25.6. The molecule has 8 nitrogen and oxygen atoms in total. The molecule has 0 saturated carbocycles. The standard InChI is InChI=1S/C36H41N7O/c1-26-8-5-11-28-12-6-14-33(34(26)28)42-20-16-31-32(24-42)39-36(40-35(31)43-21-18-38-29(23-43)15-17-37)44-25-30-13-7-19-41(30)22-27-9-3-2-4-10-27/h2-6,8-12,14,29-30,38H,7,13,15-16,18-25H2,1H3/t29-,30-/m0/s1. The first-order valence-electron chi connectivity index (χ1n) is 16.1. The van der Waals surface area contributed by atoms with E-state index < -0.39 is 0 Å². The Bertz CT molecular complexity index is 1650. The summed E-state index contributed by atoms with van der Waals surface area (Å²) in [4.78, 5) is 17.5. The zero-order valence-electron chi connectivity index (χ0n) is 25.6. The zero-order chi connectivity index (χ0) is 29.9. The maximum Gasteiger partial charge on any atom is 0.318 e. The largest absolute Gasteiger partial charge is 0.462 e. The molecule has 8 heteroatoms. The molecular formula is C36H41N7O. The van der Waals surface area contributed by atoms with E-state index in [2.05, 4.69) is 99.7 Å². The van der Waals surface area contributed by atoms with Gasteiger partial charge in [-0.15, -0.1) is 0 Å². The minimum Gasteiger partial charge on any atom is -0.462 e. The van der Waals surface area contributed by atoms with E-state index in [9.17, 15) is 5.26 Å². The molecular weight excluding hydrogens is 546 g/mol. The number of fused-ring (bicyclic) bond motifs is 2. The summed E-state index contributed by atoms with van der Waals surface area (Å²) < 4.78 is 6.48. The number of likely N-dealkylation sites (tertiary alicyclic amines) is 1. The number of anilines is 2. The average molecular weight is 588 g/mol. The van der Waals surface area contributed by atoms with Gasteiger partial charge in [-0.1, -0.05) is 60.7 Å². The van der Waals surface area contributed by atoms with Crippen molar-refractivity contribution in [3.8, 4) is 12.1 Å². The second-order valence-electron chi connectivity index (χ2n) is 12.4. The van der Waals surface area contributed by atoms with Crippen molar-refractivity contribution in [2.24, 2.45) is 0 Å². The summed E-state index contributed by atoms with van der Waals surface area (Å²) in [7, 11) is 0. The van der Waals surface area contributed by atoms with Crippen molar-refractivity contribution in [2.75, 3.05) is 49.1 Å². The van der Waals surface area contributed by atoms with Gasteiger partial charge in [-0.2, -0.15) is 15.2 Å². The van der Waals surface area contributed by atoms with Crippen molar-refractivity contribution in [1.29, 1.82) is 5.26 Å². The Kier molecular flexibility index (Phi) is 8.32. The summed E-state index contributed by atoms with van der Waals surface area (Å²) >= 11 is 0. The number of aromatic nitrogens is 2. The lowest BCUT2D eigenvalue weighted by Crippen LogP contribution is -2.51. The Morgan fingerprint density at radius 2 is 1.84 bits per heavy atom. The highest BCUT2D eigenvalue weighted by Crippen LogP contribution is 2.35. The van der Waals surface area contributed by atoms with Crippen LogP contribution < -0.4 is 19.9 Å². The van der Waals surface area contributed by atoms with Gasteiger partial charge in [0.15, 0.2) is 0 Å². The fraction of sp³-hybridized carbons (Fsp3) is 0.417. The van der Waals surface area contributed by atoms with Crippen LogP contribution in [0, 0.1) is 18.3 Å². The molecule has 0 bridgehead atoms. The van der Waals surface area contributed by atoms with Gasteiger partial charge >= 0.3 is 6.01 Å². The molecule has 0 aliphatic carbocycles. The minimum atomic E-state index is 0.132. The minimum absolute atomic E-state index is 0.132. The predicted molar refractivity (Wildman–Crippen MR) is 175 cm³/mol. The molecule has 3 aliphatic heterocycles. The smallest absolute Gasteiger partial charge is 0.318 e. The Balaban J connectivity index is 1.17. The lowest BCUT2D eigenvalue weighted by atomic mass is 9.99. The van der Waals surface area contributed by atoms with Crippen molar-refractivity contribution >= 4 is 22.3 Å². The number of hydrogen-bond donors (Lipinski definition) is 1. The highest BCUT2D eigenvalue weighted by molar-refractivity contribution is 5.97. The van der Waals surface area contributed by atoms with E-state index in [0.29, 0.717) is 31.6 Å². The first kappa shape index (κ1) is 28.6. The summed E-state index contributed by atoms with van der Waals surface area (Å²) in [5.41, 5.74) is 6.14. The second-order valence-corrected chi connectivity index (χ2v) is 12.4. The number of hydrogen-bond acceptors (Lipinski definition) is 8. The van der Waals surface area contributed by atoms with Gasteiger partial charge < -0.3 is 19.9 Å². The third kappa shape index (κ3) is 5.95. The van der Waals surface area contributed by atoms with Crippen molar-refractivity contribution < 1.29 is 4.74 Å². The van der Waals surface area contributed by atoms with Crippen LogP contribution in [0.1, 0.15) is 41.6 Å². The molecule has 44 heavy (non-hydrogen) atoms.